The normalized spacial score (nSPS) is 6.89. The molecule has 0 saturated carbocycles. The molecule has 0 aliphatic rings. The second-order valence-electron chi connectivity index (χ2n) is 1.02. The fourth-order valence-electron chi connectivity index (χ4n) is 0.151. The van der Waals surface area contributed by atoms with E-state index in [-0.39, 0.29) is 0 Å². The second kappa shape index (κ2) is 3.93. The number of ether oxygens (including phenoxy) is 1. The van der Waals surface area contributed by atoms with Gasteiger partial charge in [0.25, 0.3) is 5.24 Å². The Bertz CT molecular complexity index is 186. The highest BCUT2D eigenvalue weighted by atomic mass is 35.5. The fraction of sp³-hybridized carbons (Fsp3) is 0.200. The van der Waals surface area contributed by atoms with E-state index in [1.807, 2.05) is 5.92 Å². The molecule has 0 aromatic carbocycles. The van der Waals surface area contributed by atoms with E-state index in [1.165, 1.54) is 0 Å². The molecule has 0 rings (SSSR count). The van der Waals surface area contributed by atoms with Gasteiger partial charge in [0.05, 0.1) is 7.11 Å². The van der Waals surface area contributed by atoms with E-state index in [2.05, 4.69) is 4.74 Å². The molecule has 0 radical (unpaired) electrons. The Morgan fingerprint density at radius 1 is 1.44 bits per heavy atom. The SMILES string of the molecule is COC(=O)C#CC(=O)Cl. The molecule has 0 atom stereocenters. The maximum Gasteiger partial charge on any atom is 0.384 e. The van der Waals surface area contributed by atoms with Crippen molar-refractivity contribution in [3.63, 3.8) is 0 Å². The lowest BCUT2D eigenvalue weighted by molar-refractivity contribution is -0.133. The summed E-state index contributed by atoms with van der Waals surface area (Å²) in [6, 6.07) is 0. The standard InChI is InChI=1S/C5H3ClO3/c1-9-5(8)3-2-4(6)7/h1H3. The molecule has 0 heterocycles. The summed E-state index contributed by atoms with van der Waals surface area (Å²) in [4.78, 5) is 20.0. The van der Waals surface area contributed by atoms with Gasteiger partial charge in [0.1, 0.15) is 0 Å². The molecule has 0 spiro atoms. The topological polar surface area (TPSA) is 43.4 Å². The van der Waals surface area contributed by atoms with E-state index in [1.54, 1.807) is 5.92 Å². The van der Waals surface area contributed by atoms with Gasteiger partial charge in [-0.05, 0) is 11.6 Å². The summed E-state index contributed by atoms with van der Waals surface area (Å²) in [5.41, 5.74) is 0. The van der Waals surface area contributed by atoms with Crippen LogP contribution in [0.15, 0.2) is 0 Å². The van der Waals surface area contributed by atoms with Gasteiger partial charge in [-0.2, -0.15) is 0 Å². The largest absolute Gasteiger partial charge is 0.459 e. The molecule has 4 heteroatoms. The third-order valence-electron chi connectivity index (χ3n) is 0.448. The van der Waals surface area contributed by atoms with Crippen molar-refractivity contribution < 1.29 is 14.3 Å². The highest BCUT2D eigenvalue weighted by Gasteiger charge is 1.90. The Morgan fingerprint density at radius 3 is 2.33 bits per heavy atom. The highest BCUT2D eigenvalue weighted by molar-refractivity contribution is 6.68. The van der Waals surface area contributed by atoms with E-state index >= 15 is 0 Å². The van der Waals surface area contributed by atoms with E-state index in [4.69, 9.17) is 11.6 Å². The van der Waals surface area contributed by atoms with Crippen molar-refractivity contribution in [2.75, 3.05) is 7.11 Å². The number of carbonyl (C=O) groups excluding carboxylic acids is 2. The number of hydrogen-bond donors (Lipinski definition) is 0. The van der Waals surface area contributed by atoms with Gasteiger partial charge in [0.2, 0.25) is 0 Å². The minimum Gasteiger partial charge on any atom is -0.459 e. The number of carbonyl (C=O) groups is 2. The summed E-state index contributed by atoms with van der Waals surface area (Å²) in [5.74, 6) is 2.86. The summed E-state index contributed by atoms with van der Waals surface area (Å²) < 4.78 is 4.08. The Labute approximate surface area is 56.9 Å². The zero-order valence-corrected chi connectivity index (χ0v) is 5.36. The molecule has 0 amide bonds. The molecule has 0 aliphatic heterocycles. The van der Waals surface area contributed by atoms with Crippen molar-refractivity contribution in [1.29, 1.82) is 0 Å². The van der Waals surface area contributed by atoms with Crippen LogP contribution < -0.4 is 0 Å². The molecule has 3 nitrogen and oxygen atoms in total. The Balaban J connectivity index is 3.88. The summed E-state index contributed by atoms with van der Waals surface area (Å²) in [6.45, 7) is 0. The zero-order chi connectivity index (χ0) is 7.28. The van der Waals surface area contributed by atoms with Crippen LogP contribution in [0.5, 0.6) is 0 Å². The Hall–Kier alpha value is -1.01. The first kappa shape index (κ1) is 7.99. The third-order valence-corrected chi connectivity index (χ3v) is 0.543. The second-order valence-corrected chi connectivity index (χ2v) is 1.36. The van der Waals surface area contributed by atoms with Crippen molar-refractivity contribution in [2.24, 2.45) is 0 Å². The Kier molecular flexibility index (Phi) is 3.49. The van der Waals surface area contributed by atoms with Gasteiger partial charge in [0.15, 0.2) is 0 Å². The maximum absolute atomic E-state index is 10.1. The Morgan fingerprint density at radius 2 is 2.00 bits per heavy atom. The van der Waals surface area contributed by atoms with Crippen LogP contribution in [0.25, 0.3) is 0 Å². The lowest BCUT2D eigenvalue weighted by Crippen LogP contribution is -1.95. The van der Waals surface area contributed by atoms with Gasteiger partial charge < -0.3 is 4.74 Å². The minimum atomic E-state index is -0.875. The third kappa shape index (κ3) is 4.85. The molecular formula is C5H3ClO3. The van der Waals surface area contributed by atoms with Gasteiger partial charge in [0, 0.05) is 11.8 Å². The molecule has 0 aromatic heterocycles. The van der Waals surface area contributed by atoms with Crippen molar-refractivity contribution in [2.45, 2.75) is 0 Å². The number of esters is 1. The van der Waals surface area contributed by atoms with Crippen LogP contribution in [0.3, 0.4) is 0 Å². The molecule has 0 N–H and O–H groups in total. The van der Waals surface area contributed by atoms with Crippen LogP contribution in [-0.4, -0.2) is 18.3 Å². The summed E-state index contributed by atoms with van der Waals surface area (Å²) in [7, 11) is 1.16. The molecule has 0 aliphatic carbocycles. The molecule has 48 valence electrons. The van der Waals surface area contributed by atoms with Crippen LogP contribution >= 0.6 is 11.6 Å². The molecule has 9 heavy (non-hydrogen) atoms. The van der Waals surface area contributed by atoms with Crippen molar-refractivity contribution in [3.05, 3.63) is 0 Å². The number of methoxy groups -OCH3 is 1. The maximum atomic E-state index is 10.1. The van der Waals surface area contributed by atoms with Crippen LogP contribution in [0.2, 0.25) is 0 Å². The van der Waals surface area contributed by atoms with Gasteiger partial charge in [-0.3, -0.25) is 4.79 Å². The summed E-state index contributed by atoms with van der Waals surface area (Å²) in [5, 5.41) is -0.875. The first-order valence-corrected chi connectivity index (χ1v) is 2.34. The number of halogens is 1. The fourth-order valence-corrected chi connectivity index (χ4v) is 0.198. The molecule has 0 aromatic rings. The van der Waals surface area contributed by atoms with Gasteiger partial charge in [-0.1, -0.05) is 0 Å². The average Bonchev–Trinajstić information content (AvgIpc) is 1.83. The van der Waals surface area contributed by atoms with Gasteiger partial charge >= 0.3 is 5.97 Å². The van der Waals surface area contributed by atoms with Gasteiger partial charge in [-0.15, -0.1) is 0 Å². The van der Waals surface area contributed by atoms with E-state index < -0.39 is 11.2 Å². The van der Waals surface area contributed by atoms with Crippen LogP contribution in [-0.2, 0) is 14.3 Å². The van der Waals surface area contributed by atoms with E-state index in [0.717, 1.165) is 7.11 Å². The lowest BCUT2D eigenvalue weighted by Gasteiger charge is -1.81. The highest BCUT2D eigenvalue weighted by Crippen LogP contribution is 1.74. The quantitative estimate of drug-likeness (QED) is 0.208. The summed E-state index contributed by atoms with van der Waals surface area (Å²) >= 11 is 4.76. The zero-order valence-electron chi connectivity index (χ0n) is 4.60. The predicted molar refractivity (Wildman–Crippen MR) is 30.7 cm³/mol. The lowest BCUT2D eigenvalue weighted by atomic mass is 10.6. The van der Waals surface area contributed by atoms with E-state index in [9.17, 15) is 9.59 Å². The first-order chi connectivity index (χ1) is 4.16. The predicted octanol–water partition coefficient (Wildman–Crippen LogP) is -0.0718. The number of hydrogen-bond acceptors (Lipinski definition) is 3. The average molecular weight is 147 g/mol. The molecule has 0 bridgehead atoms. The van der Waals surface area contributed by atoms with E-state index in [0.29, 0.717) is 0 Å². The van der Waals surface area contributed by atoms with Gasteiger partial charge in [-0.25, -0.2) is 4.79 Å². The first-order valence-electron chi connectivity index (χ1n) is 1.96. The van der Waals surface area contributed by atoms with Crippen LogP contribution in [0, 0.1) is 11.8 Å². The van der Waals surface area contributed by atoms with Crippen molar-refractivity contribution in [3.8, 4) is 11.8 Å². The smallest absolute Gasteiger partial charge is 0.384 e. The van der Waals surface area contributed by atoms with Crippen molar-refractivity contribution in [1.82, 2.24) is 0 Å². The minimum absolute atomic E-state index is 0.774. The monoisotopic (exact) mass is 146 g/mol. The van der Waals surface area contributed by atoms with Crippen LogP contribution in [0.1, 0.15) is 0 Å². The molecule has 0 unspecified atom stereocenters. The molecular weight excluding hydrogens is 144 g/mol. The summed E-state index contributed by atoms with van der Waals surface area (Å²) in [6.07, 6.45) is 0. The van der Waals surface area contributed by atoms with Crippen LogP contribution in [0.4, 0.5) is 0 Å². The molecule has 0 saturated heterocycles. The molecule has 0 fully saturated rings. The number of rotatable bonds is 0. The van der Waals surface area contributed by atoms with Crippen molar-refractivity contribution >= 4 is 22.8 Å².